The van der Waals surface area contributed by atoms with E-state index < -0.39 is 6.03 Å². The van der Waals surface area contributed by atoms with Crippen LogP contribution in [0.5, 0.6) is 0 Å². The molecule has 0 aliphatic carbocycles. The van der Waals surface area contributed by atoms with Crippen molar-refractivity contribution < 1.29 is 9.32 Å². The molecular formula is C23H29N3O2. The van der Waals surface area contributed by atoms with Crippen LogP contribution in [0.4, 0.5) is 10.6 Å². The van der Waals surface area contributed by atoms with Gasteiger partial charge in [-0.3, -0.25) is 5.32 Å². The summed E-state index contributed by atoms with van der Waals surface area (Å²) in [5, 5.41) is 9.27. The fraction of sp³-hybridized carbons (Fsp3) is 0.304. The van der Waals surface area contributed by atoms with Crippen LogP contribution in [-0.2, 0) is 5.41 Å². The summed E-state index contributed by atoms with van der Waals surface area (Å²) in [5.41, 5.74) is 1.99. The predicted octanol–water partition coefficient (Wildman–Crippen LogP) is 5.64. The summed E-state index contributed by atoms with van der Waals surface area (Å²) < 4.78 is 5.26. The van der Waals surface area contributed by atoms with Crippen molar-refractivity contribution in [3.05, 3.63) is 71.7 Å². The van der Waals surface area contributed by atoms with Crippen LogP contribution in [-0.4, -0.2) is 11.2 Å². The minimum Gasteiger partial charge on any atom is -0.359 e. The summed E-state index contributed by atoms with van der Waals surface area (Å²) in [4.78, 5) is 12.2. The Morgan fingerprint density at radius 2 is 1.86 bits per heavy atom. The lowest BCUT2D eigenvalue weighted by Crippen LogP contribution is -2.27. The number of anilines is 1. The van der Waals surface area contributed by atoms with Crippen molar-refractivity contribution in [1.29, 1.82) is 0 Å². The summed E-state index contributed by atoms with van der Waals surface area (Å²) in [7, 11) is 0. The van der Waals surface area contributed by atoms with Crippen LogP contribution in [0.1, 0.15) is 47.3 Å². The molecule has 0 atom stereocenters. The topological polar surface area (TPSA) is 67.2 Å². The normalized spacial score (nSPS) is 12.8. The van der Waals surface area contributed by atoms with Gasteiger partial charge >= 0.3 is 6.03 Å². The summed E-state index contributed by atoms with van der Waals surface area (Å²) in [5.74, 6) is 7.07. The van der Waals surface area contributed by atoms with Crippen molar-refractivity contribution in [3.8, 4) is 11.8 Å². The van der Waals surface area contributed by atoms with Crippen LogP contribution in [0.3, 0.4) is 0 Å². The summed E-state index contributed by atoms with van der Waals surface area (Å²) in [6, 6.07) is 1.30. The van der Waals surface area contributed by atoms with Crippen molar-refractivity contribution in [2.45, 2.75) is 47.0 Å². The molecule has 1 rings (SSSR count). The Kier molecular flexibility index (Phi) is 8.77. The SMILES string of the molecule is C=C(C#CC(/C=C\C)=C/C)/C=C\C(=C/C)NC(=O)Nc1cc(C(C)(C)C)on1. The third kappa shape index (κ3) is 7.96. The molecule has 1 heterocycles. The molecule has 0 unspecified atom stereocenters. The lowest BCUT2D eigenvalue weighted by Gasteiger charge is -2.12. The quantitative estimate of drug-likeness (QED) is 0.514. The van der Waals surface area contributed by atoms with Gasteiger partial charge in [-0.25, -0.2) is 4.79 Å². The highest BCUT2D eigenvalue weighted by Gasteiger charge is 2.20. The Bertz CT molecular complexity index is 879. The van der Waals surface area contributed by atoms with Gasteiger partial charge in [-0.05, 0) is 32.9 Å². The van der Waals surface area contributed by atoms with E-state index in [2.05, 4.69) is 34.2 Å². The van der Waals surface area contributed by atoms with Crippen LogP contribution in [0.15, 0.2) is 70.5 Å². The van der Waals surface area contributed by atoms with Crippen molar-refractivity contribution in [3.63, 3.8) is 0 Å². The predicted molar refractivity (Wildman–Crippen MR) is 116 cm³/mol. The molecular weight excluding hydrogens is 350 g/mol. The van der Waals surface area contributed by atoms with Crippen LogP contribution in [0, 0.1) is 11.8 Å². The van der Waals surface area contributed by atoms with E-state index in [1.807, 2.05) is 59.8 Å². The molecule has 0 saturated carbocycles. The summed E-state index contributed by atoms with van der Waals surface area (Å²) in [6.07, 6.45) is 11.1. The highest BCUT2D eigenvalue weighted by molar-refractivity contribution is 5.89. The van der Waals surface area contributed by atoms with Gasteiger partial charge in [0.2, 0.25) is 0 Å². The van der Waals surface area contributed by atoms with E-state index in [1.165, 1.54) is 0 Å². The first kappa shape index (κ1) is 22.8. The van der Waals surface area contributed by atoms with Gasteiger partial charge in [0.05, 0.1) is 0 Å². The second-order valence-electron chi connectivity index (χ2n) is 7.00. The number of carbonyl (C=O) groups excluding carboxylic acids is 1. The number of nitrogens with zero attached hydrogens (tertiary/aromatic N) is 1. The van der Waals surface area contributed by atoms with Gasteiger partial charge in [-0.2, -0.15) is 0 Å². The maximum absolute atomic E-state index is 12.2. The Hall–Kier alpha value is -3.26. The fourth-order valence-electron chi connectivity index (χ4n) is 1.95. The van der Waals surface area contributed by atoms with Gasteiger partial charge in [0.1, 0.15) is 5.76 Å². The second kappa shape index (κ2) is 10.8. The smallest absolute Gasteiger partial charge is 0.324 e. The molecule has 0 aliphatic heterocycles. The maximum atomic E-state index is 12.2. The average molecular weight is 380 g/mol. The molecule has 28 heavy (non-hydrogen) atoms. The number of aromatic nitrogens is 1. The molecule has 5 heteroatoms. The van der Waals surface area contributed by atoms with Crippen molar-refractivity contribution >= 4 is 11.8 Å². The van der Waals surface area contributed by atoms with Gasteiger partial charge in [0.25, 0.3) is 0 Å². The lowest BCUT2D eigenvalue weighted by atomic mass is 9.93. The van der Waals surface area contributed by atoms with Crippen LogP contribution >= 0.6 is 0 Å². The number of nitrogens with one attached hydrogen (secondary N) is 2. The monoisotopic (exact) mass is 379 g/mol. The van der Waals surface area contributed by atoms with Gasteiger partial charge in [-0.15, -0.1) is 0 Å². The zero-order chi connectivity index (χ0) is 21.2. The highest BCUT2D eigenvalue weighted by atomic mass is 16.5. The molecule has 0 aliphatic rings. The molecule has 0 fully saturated rings. The molecule has 148 valence electrons. The molecule has 1 aromatic heterocycles. The van der Waals surface area contributed by atoms with Crippen molar-refractivity contribution in [1.82, 2.24) is 10.5 Å². The molecule has 2 N–H and O–H groups in total. The maximum Gasteiger partial charge on any atom is 0.324 e. The van der Waals surface area contributed by atoms with Crippen LogP contribution in [0.2, 0.25) is 0 Å². The summed E-state index contributed by atoms with van der Waals surface area (Å²) in [6.45, 7) is 15.6. The number of rotatable bonds is 5. The van der Waals surface area contributed by atoms with E-state index in [9.17, 15) is 4.79 Å². The van der Waals surface area contributed by atoms with Crippen LogP contribution in [0.25, 0.3) is 0 Å². The Balaban J connectivity index is 2.68. The standard InChI is InChI=1S/C23H29N3O2/c1-8-11-18(9-2)14-12-17(4)13-15-19(10-3)24-22(27)25-21-16-20(28-26-21)23(5,6)7/h8-11,13,15-16H,4H2,1-3,5-7H3,(H2,24,25,26,27)/b11-8-,15-13-,18-9+,19-10+. The molecule has 0 radical (unpaired) electrons. The second-order valence-corrected chi connectivity index (χ2v) is 7.00. The zero-order valence-electron chi connectivity index (χ0n) is 17.5. The molecule has 1 aromatic rings. The van der Waals surface area contributed by atoms with Gasteiger partial charge in [0.15, 0.2) is 5.82 Å². The molecule has 2 amide bonds. The van der Waals surface area contributed by atoms with Crippen LogP contribution < -0.4 is 10.6 Å². The number of allylic oxidation sites excluding steroid dienone is 8. The fourth-order valence-corrected chi connectivity index (χ4v) is 1.95. The lowest BCUT2D eigenvalue weighted by molar-refractivity contribution is 0.254. The number of hydrogen-bond donors (Lipinski definition) is 2. The first-order valence-electron chi connectivity index (χ1n) is 9.09. The van der Waals surface area contributed by atoms with Crippen molar-refractivity contribution in [2.24, 2.45) is 0 Å². The molecule has 5 nitrogen and oxygen atoms in total. The van der Waals surface area contributed by atoms with E-state index in [-0.39, 0.29) is 5.41 Å². The minimum absolute atomic E-state index is 0.179. The first-order chi connectivity index (χ1) is 13.2. The number of amides is 2. The van der Waals surface area contributed by atoms with E-state index in [4.69, 9.17) is 4.52 Å². The largest absolute Gasteiger partial charge is 0.359 e. The number of urea groups is 1. The first-order valence-corrected chi connectivity index (χ1v) is 9.09. The number of carbonyl (C=O) groups is 1. The van der Waals surface area contributed by atoms with Gasteiger partial charge in [-0.1, -0.05) is 68.7 Å². The van der Waals surface area contributed by atoms with E-state index in [1.54, 1.807) is 24.3 Å². The molecule has 0 spiro atoms. The third-order valence-corrected chi connectivity index (χ3v) is 3.55. The minimum atomic E-state index is -0.410. The average Bonchev–Trinajstić information content (AvgIpc) is 3.10. The Morgan fingerprint density at radius 1 is 1.14 bits per heavy atom. The van der Waals surface area contributed by atoms with Gasteiger partial charge in [0, 0.05) is 28.3 Å². The highest BCUT2D eigenvalue weighted by Crippen LogP contribution is 2.24. The van der Waals surface area contributed by atoms with Crippen molar-refractivity contribution in [2.75, 3.05) is 5.32 Å². The molecule has 0 bridgehead atoms. The Morgan fingerprint density at radius 3 is 2.39 bits per heavy atom. The number of hydrogen-bond acceptors (Lipinski definition) is 3. The molecule has 0 saturated heterocycles. The van der Waals surface area contributed by atoms with E-state index >= 15 is 0 Å². The molecule has 0 aromatic carbocycles. The Labute approximate surface area is 168 Å². The zero-order valence-corrected chi connectivity index (χ0v) is 17.5. The van der Waals surface area contributed by atoms with E-state index in [0.717, 1.165) is 5.57 Å². The van der Waals surface area contributed by atoms with Gasteiger partial charge < -0.3 is 9.84 Å². The van der Waals surface area contributed by atoms with E-state index in [0.29, 0.717) is 22.8 Å². The third-order valence-electron chi connectivity index (χ3n) is 3.55. The summed E-state index contributed by atoms with van der Waals surface area (Å²) >= 11 is 0.